The van der Waals surface area contributed by atoms with Gasteiger partial charge in [0.05, 0.1) is 19.2 Å². The summed E-state index contributed by atoms with van der Waals surface area (Å²) in [5.74, 6) is 0.887. The van der Waals surface area contributed by atoms with Gasteiger partial charge in [-0.25, -0.2) is 9.97 Å². The van der Waals surface area contributed by atoms with Gasteiger partial charge in [0.25, 0.3) is 0 Å². The summed E-state index contributed by atoms with van der Waals surface area (Å²) in [6.45, 7) is 2.85. The Morgan fingerprint density at radius 1 is 1.14 bits per heavy atom. The van der Waals surface area contributed by atoms with Gasteiger partial charge in [-0.05, 0) is 24.5 Å². The SMILES string of the molecule is CF.FCCc1cc2c(NC3CCN(Cc4ccccc4)CC3)ncnc2s1. The van der Waals surface area contributed by atoms with E-state index in [0.717, 1.165) is 53.4 Å². The molecule has 0 radical (unpaired) electrons. The van der Waals surface area contributed by atoms with Gasteiger partial charge in [0.15, 0.2) is 0 Å². The second-order valence-corrected chi connectivity index (χ2v) is 7.89. The van der Waals surface area contributed by atoms with Crippen LogP contribution in [0, 0.1) is 0 Å². The number of nitrogens with zero attached hydrogens (tertiary/aromatic N) is 3. The molecule has 28 heavy (non-hydrogen) atoms. The largest absolute Gasteiger partial charge is 0.367 e. The van der Waals surface area contributed by atoms with Gasteiger partial charge in [-0.15, -0.1) is 11.3 Å². The van der Waals surface area contributed by atoms with Crippen LogP contribution in [0.1, 0.15) is 23.3 Å². The molecule has 1 N–H and O–H groups in total. The predicted molar refractivity (Wildman–Crippen MR) is 112 cm³/mol. The second kappa shape index (κ2) is 10.4. The van der Waals surface area contributed by atoms with Gasteiger partial charge in [0.1, 0.15) is 17.0 Å². The number of piperidine rings is 1. The highest BCUT2D eigenvalue weighted by Crippen LogP contribution is 2.29. The molecule has 4 rings (SSSR count). The highest BCUT2D eigenvalue weighted by Gasteiger charge is 2.20. The minimum atomic E-state index is -0.330. The summed E-state index contributed by atoms with van der Waals surface area (Å²) in [6, 6.07) is 13.1. The third kappa shape index (κ3) is 5.23. The van der Waals surface area contributed by atoms with E-state index in [2.05, 4.69) is 50.5 Å². The van der Waals surface area contributed by atoms with Crippen molar-refractivity contribution in [1.29, 1.82) is 0 Å². The van der Waals surface area contributed by atoms with Crippen molar-refractivity contribution in [3.05, 3.63) is 53.2 Å². The lowest BCUT2D eigenvalue weighted by Gasteiger charge is -2.32. The molecule has 150 valence electrons. The number of halogens is 2. The molecule has 1 saturated heterocycles. The third-order valence-electron chi connectivity index (χ3n) is 4.90. The molecular formula is C21H26F2N4S. The molecule has 0 atom stereocenters. The molecule has 3 aromatic rings. The van der Waals surface area contributed by atoms with Crippen molar-refractivity contribution in [3.8, 4) is 0 Å². The number of anilines is 1. The van der Waals surface area contributed by atoms with Gasteiger partial charge in [0, 0.05) is 37.0 Å². The number of hydrogen-bond donors (Lipinski definition) is 1. The first-order valence-electron chi connectivity index (χ1n) is 9.52. The lowest BCUT2D eigenvalue weighted by Crippen LogP contribution is -2.38. The van der Waals surface area contributed by atoms with E-state index < -0.39 is 0 Å². The highest BCUT2D eigenvalue weighted by molar-refractivity contribution is 7.18. The van der Waals surface area contributed by atoms with Crippen LogP contribution in [0.25, 0.3) is 10.2 Å². The van der Waals surface area contributed by atoms with Crippen molar-refractivity contribution in [1.82, 2.24) is 14.9 Å². The van der Waals surface area contributed by atoms with Gasteiger partial charge in [-0.1, -0.05) is 30.3 Å². The Morgan fingerprint density at radius 2 is 1.89 bits per heavy atom. The lowest BCUT2D eigenvalue weighted by molar-refractivity contribution is 0.211. The maximum absolute atomic E-state index is 12.6. The highest BCUT2D eigenvalue weighted by atomic mass is 32.1. The molecule has 2 aromatic heterocycles. The summed E-state index contributed by atoms with van der Waals surface area (Å²) in [6.07, 6.45) is 4.25. The Morgan fingerprint density at radius 3 is 2.61 bits per heavy atom. The van der Waals surface area contributed by atoms with Gasteiger partial charge >= 0.3 is 0 Å². The molecule has 0 spiro atoms. The van der Waals surface area contributed by atoms with E-state index in [1.165, 1.54) is 5.56 Å². The van der Waals surface area contributed by atoms with E-state index in [9.17, 15) is 8.78 Å². The molecule has 1 aliphatic heterocycles. The number of nitrogens with one attached hydrogen (secondary N) is 1. The van der Waals surface area contributed by atoms with Crippen LogP contribution in [-0.4, -0.2) is 47.9 Å². The van der Waals surface area contributed by atoms with E-state index in [4.69, 9.17) is 0 Å². The number of aromatic nitrogens is 2. The van der Waals surface area contributed by atoms with E-state index in [1.54, 1.807) is 17.7 Å². The lowest BCUT2D eigenvalue weighted by atomic mass is 10.0. The number of thiophene rings is 1. The molecule has 1 fully saturated rings. The molecular weight excluding hydrogens is 378 g/mol. The van der Waals surface area contributed by atoms with Crippen LogP contribution in [-0.2, 0) is 13.0 Å². The van der Waals surface area contributed by atoms with E-state index in [0.29, 0.717) is 19.6 Å². The number of fused-ring (bicyclic) bond motifs is 1. The van der Waals surface area contributed by atoms with Crippen LogP contribution >= 0.6 is 11.3 Å². The number of rotatable bonds is 6. The maximum Gasteiger partial charge on any atom is 0.138 e. The first-order valence-corrected chi connectivity index (χ1v) is 10.3. The Balaban J connectivity index is 0.00000109. The van der Waals surface area contributed by atoms with Crippen LogP contribution in [0.3, 0.4) is 0 Å². The standard InChI is InChI=1S/C20H23FN4S.CH3F/c21-9-6-17-12-18-19(22-14-23-20(18)26-17)24-16-7-10-25(11-8-16)13-15-4-2-1-3-5-15;1-2/h1-5,12,14,16H,6-11,13H2,(H,22,23,24);1H3. The quantitative estimate of drug-likeness (QED) is 0.637. The number of aryl methyl sites for hydroxylation is 1. The molecule has 0 amide bonds. The van der Waals surface area contributed by atoms with Crippen molar-refractivity contribution >= 4 is 27.4 Å². The van der Waals surface area contributed by atoms with Crippen molar-refractivity contribution in [2.75, 3.05) is 32.3 Å². The fraction of sp³-hybridized carbons (Fsp3) is 0.429. The summed E-state index contributed by atoms with van der Waals surface area (Å²) in [7, 11) is 0.500. The van der Waals surface area contributed by atoms with Crippen LogP contribution in [0.5, 0.6) is 0 Å². The smallest absolute Gasteiger partial charge is 0.138 e. The summed E-state index contributed by atoms with van der Waals surface area (Å²) in [4.78, 5) is 13.2. The van der Waals surface area contributed by atoms with Crippen LogP contribution < -0.4 is 5.32 Å². The zero-order valence-corrected chi connectivity index (χ0v) is 16.9. The molecule has 1 aromatic carbocycles. The molecule has 0 bridgehead atoms. The molecule has 0 unspecified atom stereocenters. The monoisotopic (exact) mass is 404 g/mol. The summed E-state index contributed by atoms with van der Waals surface area (Å²) >= 11 is 1.56. The van der Waals surface area contributed by atoms with E-state index in [1.807, 2.05) is 6.07 Å². The van der Waals surface area contributed by atoms with Crippen LogP contribution in [0.4, 0.5) is 14.6 Å². The first-order chi connectivity index (χ1) is 13.8. The fourth-order valence-electron chi connectivity index (χ4n) is 3.51. The third-order valence-corrected chi connectivity index (χ3v) is 6.00. The molecule has 0 aliphatic carbocycles. The minimum absolute atomic E-state index is 0.330. The molecule has 4 nitrogen and oxygen atoms in total. The van der Waals surface area contributed by atoms with E-state index >= 15 is 0 Å². The van der Waals surface area contributed by atoms with Crippen molar-refractivity contribution in [2.24, 2.45) is 0 Å². The molecule has 3 heterocycles. The van der Waals surface area contributed by atoms with Crippen molar-refractivity contribution in [2.45, 2.75) is 31.8 Å². The van der Waals surface area contributed by atoms with Gasteiger partial charge < -0.3 is 5.32 Å². The summed E-state index contributed by atoms with van der Waals surface area (Å²) in [5, 5.41) is 4.62. The van der Waals surface area contributed by atoms with Gasteiger partial charge in [0.2, 0.25) is 0 Å². The Bertz CT molecular complexity index is 848. The normalized spacial score (nSPS) is 15.2. The molecule has 7 heteroatoms. The molecule has 0 saturated carbocycles. The fourth-order valence-corrected chi connectivity index (χ4v) is 4.48. The number of benzene rings is 1. The van der Waals surface area contributed by atoms with Crippen molar-refractivity contribution in [3.63, 3.8) is 0 Å². The minimum Gasteiger partial charge on any atom is -0.367 e. The topological polar surface area (TPSA) is 41.0 Å². The van der Waals surface area contributed by atoms with Crippen molar-refractivity contribution < 1.29 is 8.78 Å². The summed E-state index contributed by atoms with van der Waals surface area (Å²) in [5.41, 5.74) is 1.37. The zero-order chi connectivity index (χ0) is 19.8. The number of alkyl halides is 2. The van der Waals surface area contributed by atoms with Gasteiger partial charge in [-0.2, -0.15) is 0 Å². The summed E-state index contributed by atoms with van der Waals surface area (Å²) < 4.78 is 22.1. The van der Waals surface area contributed by atoms with Crippen LogP contribution in [0.2, 0.25) is 0 Å². The van der Waals surface area contributed by atoms with Gasteiger partial charge in [-0.3, -0.25) is 13.7 Å². The Kier molecular flexibility index (Phi) is 7.68. The Hall–Kier alpha value is -2.12. The average Bonchev–Trinajstić information content (AvgIpc) is 3.16. The number of likely N-dealkylation sites (tertiary alicyclic amines) is 1. The molecule has 1 aliphatic rings. The first kappa shape index (κ1) is 20.6. The average molecular weight is 405 g/mol. The number of hydrogen-bond acceptors (Lipinski definition) is 5. The zero-order valence-electron chi connectivity index (χ0n) is 16.1. The van der Waals surface area contributed by atoms with E-state index in [-0.39, 0.29) is 6.67 Å². The van der Waals surface area contributed by atoms with Crippen LogP contribution in [0.15, 0.2) is 42.7 Å². The predicted octanol–water partition coefficient (Wildman–Crippen LogP) is 4.87. The second-order valence-electron chi connectivity index (χ2n) is 6.77. The maximum atomic E-state index is 12.6. The Labute approximate surface area is 168 Å².